The fraction of sp³-hybridized carbons (Fsp3) is 0.600. The van der Waals surface area contributed by atoms with Crippen LogP contribution in [0.4, 0.5) is 0 Å². The largest absolute Gasteiger partial charge is 0.394 e. The number of hydrogen-bond donors (Lipinski definition) is 1. The highest BCUT2D eigenvalue weighted by molar-refractivity contribution is 4.99. The lowest BCUT2D eigenvalue weighted by atomic mass is 10.4. The van der Waals surface area contributed by atoms with Gasteiger partial charge in [-0.05, 0) is 33.5 Å². The maximum Gasteiger partial charge on any atom is 0.0483 e. The summed E-state index contributed by atoms with van der Waals surface area (Å²) >= 11 is 0. The number of aliphatic hydroxyl groups excluding tert-OH is 1. The van der Waals surface area contributed by atoms with Gasteiger partial charge in [-0.2, -0.15) is 0 Å². The first-order valence-electron chi connectivity index (χ1n) is 6.48. The molecule has 0 aliphatic heterocycles. The molecule has 1 N–H and O–H groups in total. The third-order valence-electron chi connectivity index (χ3n) is 2.01. The van der Waals surface area contributed by atoms with Gasteiger partial charge in [-0.15, -0.1) is 0 Å². The third-order valence-corrected chi connectivity index (χ3v) is 2.01. The van der Waals surface area contributed by atoms with E-state index in [0.717, 1.165) is 0 Å². The van der Waals surface area contributed by atoms with Crippen molar-refractivity contribution >= 4 is 0 Å². The first-order valence-corrected chi connectivity index (χ1v) is 6.48. The van der Waals surface area contributed by atoms with Crippen LogP contribution in [0, 0.1) is 0 Å². The molecular weight excluding hydrogens is 210 g/mol. The van der Waals surface area contributed by atoms with Crippen molar-refractivity contribution in [1.29, 1.82) is 0 Å². The molecule has 100 valence electrons. The second kappa shape index (κ2) is 15.1. The van der Waals surface area contributed by atoms with Crippen LogP contribution in [0.15, 0.2) is 36.4 Å². The Morgan fingerprint density at radius 2 is 0.941 bits per heavy atom. The van der Waals surface area contributed by atoms with Gasteiger partial charge in [0.15, 0.2) is 0 Å². The first-order chi connectivity index (χ1) is 8.08. The van der Waals surface area contributed by atoms with E-state index >= 15 is 0 Å². The number of rotatable bonds is 3. The molecule has 0 atom stereocenters. The molecule has 0 saturated heterocycles. The summed E-state index contributed by atoms with van der Waals surface area (Å²) in [5, 5.41) is 8.06. The summed E-state index contributed by atoms with van der Waals surface area (Å²) in [6.07, 6.45) is -0.167. The molecule has 0 heterocycles. The molecule has 0 fully saturated rings. The van der Waals surface area contributed by atoms with E-state index in [1.54, 1.807) is 13.8 Å². The van der Waals surface area contributed by atoms with Gasteiger partial charge in [-0.3, -0.25) is 0 Å². The molecule has 2 heteroatoms. The fourth-order valence-electron chi connectivity index (χ4n) is 1.06. The van der Waals surface area contributed by atoms with E-state index in [0.29, 0.717) is 0 Å². The van der Waals surface area contributed by atoms with Gasteiger partial charge in [0.1, 0.15) is 0 Å². The fourth-order valence-corrected chi connectivity index (χ4v) is 1.06. The van der Waals surface area contributed by atoms with Crippen LogP contribution in [-0.4, -0.2) is 35.7 Å². The summed E-state index contributed by atoms with van der Waals surface area (Å²) in [7, 11) is 0. The smallest absolute Gasteiger partial charge is 0.0483 e. The number of hydrogen-bond acceptors (Lipinski definition) is 2. The topological polar surface area (TPSA) is 23.5 Å². The van der Waals surface area contributed by atoms with Gasteiger partial charge in [-0.1, -0.05) is 57.2 Å². The van der Waals surface area contributed by atoms with Crippen molar-refractivity contribution in [2.45, 2.75) is 40.7 Å². The van der Waals surface area contributed by atoms with Gasteiger partial charge in [0, 0.05) is 6.10 Å². The van der Waals surface area contributed by atoms with E-state index < -0.39 is 0 Å². The zero-order chi connectivity index (χ0) is 13.5. The molecule has 0 unspecified atom stereocenters. The summed E-state index contributed by atoms with van der Waals surface area (Å²) in [6, 6.07) is 12.0. The van der Waals surface area contributed by atoms with Crippen molar-refractivity contribution in [3.05, 3.63) is 36.4 Å². The van der Waals surface area contributed by atoms with Crippen molar-refractivity contribution in [3.8, 4) is 0 Å². The van der Waals surface area contributed by atoms with E-state index in [2.05, 4.69) is 25.7 Å². The predicted octanol–water partition coefficient (Wildman–Crippen LogP) is 3.42. The molecule has 1 aromatic carbocycles. The molecule has 0 amide bonds. The first kappa shape index (κ1) is 18.5. The Bertz CT molecular complexity index is 172. The Labute approximate surface area is 107 Å². The molecule has 1 aromatic rings. The Morgan fingerprint density at radius 1 is 0.765 bits per heavy atom. The van der Waals surface area contributed by atoms with Crippen molar-refractivity contribution in [2.75, 3.05) is 19.6 Å². The highest BCUT2D eigenvalue weighted by Gasteiger charge is 1.89. The Hall–Kier alpha value is -0.860. The monoisotopic (exact) mass is 239 g/mol. The molecule has 0 saturated carbocycles. The Balaban J connectivity index is 0. The van der Waals surface area contributed by atoms with Crippen LogP contribution in [0.3, 0.4) is 0 Å². The Kier molecular flexibility index (Phi) is 16.5. The minimum absolute atomic E-state index is 0.167. The van der Waals surface area contributed by atoms with E-state index in [1.165, 1.54) is 19.6 Å². The zero-order valence-electron chi connectivity index (χ0n) is 12.1. The number of aliphatic hydroxyl groups is 1. The minimum Gasteiger partial charge on any atom is -0.394 e. The molecule has 0 aromatic heterocycles. The van der Waals surface area contributed by atoms with E-state index in [1.807, 2.05) is 36.4 Å². The van der Waals surface area contributed by atoms with Crippen LogP contribution in [0.1, 0.15) is 34.6 Å². The van der Waals surface area contributed by atoms with Crippen molar-refractivity contribution in [2.24, 2.45) is 0 Å². The van der Waals surface area contributed by atoms with E-state index in [9.17, 15) is 0 Å². The van der Waals surface area contributed by atoms with Crippen LogP contribution in [0.2, 0.25) is 0 Å². The van der Waals surface area contributed by atoms with Crippen molar-refractivity contribution < 1.29 is 5.11 Å². The number of nitrogens with zero attached hydrogens (tertiary/aromatic N) is 1. The quantitative estimate of drug-likeness (QED) is 0.873. The lowest BCUT2D eigenvalue weighted by Crippen LogP contribution is -2.21. The molecule has 1 rings (SSSR count). The van der Waals surface area contributed by atoms with Crippen LogP contribution in [0.5, 0.6) is 0 Å². The normalized spacial score (nSPS) is 9.18. The molecule has 0 aliphatic rings. The third kappa shape index (κ3) is 21.1. The van der Waals surface area contributed by atoms with Crippen molar-refractivity contribution in [3.63, 3.8) is 0 Å². The number of benzene rings is 1. The molecule has 0 bridgehead atoms. The van der Waals surface area contributed by atoms with Crippen LogP contribution in [0.25, 0.3) is 0 Å². The van der Waals surface area contributed by atoms with Crippen LogP contribution in [-0.2, 0) is 0 Å². The maximum absolute atomic E-state index is 8.06. The highest BCUT2D eigenvalue weighted by atomic mass is 16.3. The van der Waals surface area contributed by atoms with Crippen LogP contribution < -0.4 is 0 Å². The maximum atomic E-state index is 8.06. The lowest BCUT2D eigenvalue weighted by Gasteiger charge is -2.13. The van der Waals surface area contributed by atoms with Gasteiger partial charge in [0.05, 0.1) is 0 Å². The summed E-state index contributed by atoms with van der Waals surface area (Å²) in [6.45, 7) is 13.6. The van der Waals surface area contributed by atoms with Gasteiger partial charge in [0.25, 0.3) is 0 Å². The second-order valence-corrected chi connectivity index (χ2v) is 3.87. The molecule has 2 nitrogen and oxygen atoms in total. The molecular formula is C15H29NO. The predicted molar refractivity (Wildman–Crippen MR) is 77.3 cm³/mol. The van der Waals surface area contributed by atoms with E-state index in [-0.39, 0.29) is 6.10 Å². The second-order valence-electron chi connectivity index (χ2n) is 3.87. The van der Waals surface area contributed by atoms with Gasteiger partial charge in [0.2, 0.25) is 0 Å². The van der Waals surface area contributed by atoms with Crippen LogP contribution >= 0.6 is 0 Å². The lowest BCUT2D eigenvalue weighted by molar-refractivity contribution is 0.216. The average molecular weight is 239 g/mol. The summed E-state index contributed by atoms with van der Waals surface area (Å²) in [5.41, 5.74) is 0. The van der Waals surface area contributed by atoms with Gasteiger partial charge < -0.3 is 10.0 Å². The summed E-state index contributed by atoms with van der Waals surface area (Å²) in [4.78, 5) is 2.38. The van der Waals surface area contributed by atoms with Crippen molar-refractivity contribution in [1.82, 2.24) is 4.90 Å². The minimum atomic E-state index is -0.167. The Morgan fingerprint density at radius 3 is 1.00 bits per heavy atom. The summed E-state index contributed by atoms with van der Waals surface area (Å²) < 4.78 is 0. The van der Waals surface area contributed by atoms with E-state index in [4.69, 9.17) is 5.11 Å². The van der Waals surface area contributed by atoms with Gasteiger partial charge >= 0.3 is 0 Å². The standard InChI is InChI=1S/C6H15N.C6H6.C3H8O/c1-4-7(5-2)6-3;1-2-4-6-5-3-1;1-3(2)4/h4-6H2,1-3H3;1-6H;3-4H,1-2H3. The molecule has 0 spiro atoms. The molecule has 0 aliphatic carbocycles. The molecule has 0 radical (unpaired) electrons. The summed E-state index contributed by atoms with van der Waals surface area (Å²) in [5.74, 6) is 0. The van der Waals surface area contributed by atoms with Gasteiger partial charge in [-0.25, -0.2) is 0 Å². The highest BCUT2D eigenvalue weighted by Crippen LogP contribution is 1.81. The average Bonchev–Trinajstić information content (AvgIpc) is 2.34. The SMILES string of the molecule is CC(C)O.CCN(CC)CC.c1ccccc1. The molecule has 17 heavy (non-hydrogen) atoms. The zero-order valence-corrected chi connectivity index (χ0v) is 12.1.